The van der Waals surface area contributed by atoms with E-state index in [9.17, 15) is 13.6 Å². The van der Waals surface area contributed by atoms with Crippen LogP contribution >= 0.6 is 0 Å². The monoisotopic (exact) mass is 437 g/mol. The number of nitrogens with one attached hydrogen (secondary N) is 2. The molecule has 166 valence electrons. The van der Waals surface area contributed by atoms with Crippen molar-refractivity contribution in [1.29, 1.82) is 0 Å². The van der Waals surface area contributed by atoms with E-state index in [0.29, 0.717) is 23.8 Å². The second-order valence-corrected chi connectivity index (χ2v) is 7.70. The number of amides is 2. The molecule has 0 spiro atoms. The van der Waals surface area contributed by atoms with Crippen LogP contribution in [0.4, 0.5) is 19.4 Å². The third kappa shape index (κ3) is 5.01. The van der Waals surface area contributed by atoms with Gasteiger partial charge < -0.3 is 15.5 Å². The quantitative estimate of drug-likeness (QED) is 0.622. The minimum atomic E-state index is -0.331. The maximum atomic E-state index is 13.5. The summed E-state index contributed by atoms with van der Waals surface area (Å²) in [5.41, 5.74) is 2.67. The van der Waals surface area contributed by atoms with Gasteiger partial charge in [-0.1, -0.05) is 0 Å². The van der Waals surface area contributed by atoms with Gasteiger partial charge >= 0.3 is 6.03 Å². The smallest absolute Gasteiger partial charge is 0.314 e. The molecular formula is C24H25F2N5O. The van der Waals surface area contributed by atoms with Crippen molar-refractivity contribution in [2.24, 2.45) is 0 Å². The summed E-state index contributed by atoms with van der Waals surface area (Å²) in [4.78, 5) is 23.4. The molecule has 8 heteroatoms. The van der Waals surface area contributed by atoms with Gasteiger partial charge in [-0.2, -0.15) is 0 Å². The summed E-state index contributed by atoms with van der Waals surface area (Å²) in [5.74, 6) is 0.0558. The lowest BCUT2D eigenvalue weighted by Gasteiger charge is -2.33. The zero-order valence-electron chi connectivity index (χ0n) is 17.8. The molecule has 1 saturated heterocycles. The standard InChI is InChI=1S/C24H25F2N5O/c1-2-27-24(32)29-20-11-13-31(14-12-20)21-15-28-22(16-3-7-18(25)8-4-16)23(30-21)17-5-9-19(26)10-6-17/h3-10,15,20H,2,11-14H2,1H3,(H2,27,29,32). The predicted octanol–water partition coefficient (Wildman–Crippen LogP) is 4.38. The molecule has 32 heavy (non-hydrogen) atoms. The highest BCUT2D eigenvalue weighted by Gasteiger charge is 2.23. The third-order valence-electron chi connectivity index (χ3n) is 5.49. The fraction of sp³-hybridized carbons (Fsp3) is 0.292. The van der Waals surface area contributed by atoms with E-state index in [-0.39, 0.29) is 23.7 Å². The van der Waals surface area contributed by atoms with Gasteiger partial charge in [0.2, 0.25) is 0 Å². The highest BCUT2D eigenvalue weighted by atomic mass is 19.1. The first kappa shape index (κ1) is 21.7. The van der Waals surface area contributed by atoms with Crippen LogP contribution in [0.25, 0.3) is 22.5 Å². The van der Waals surface area contributed by atoms with Gasteiger partial charge in [0, 0.05) is 36.8 Å². The first-order valence-corrected chi connectivity index (χ1v) is 10.7. The Morgan fingerprint density at radius 2 is 1.53 bits per heavy atom. The molecule has 2 heterocycles. The summed E-state index contributed by atoms with van der Waals surface area (Å²) in [6.07, 6.45) is 3.30. The van der Waals surface area contributed by atoms with E-state index < -0.39 is 0 Å². The topological polar surface area (TPSA) is 70.2 Å². The molecule has 2 aromatic carbocycles. The van der Waals surface area contributed by atoms with Crippen molar-refractivity contribution < 1.29 is 13.6 Å². The number of nitrogens with zero attached hydrogens (tertiary/aromatic N) is 3. The zero-order chi connectivity index (χ0) is 22.5. The number of piperidine rings is 1. The lowest BCUT2D eigenvalue weighted by molar-refractivity contribution is 0.235. The zero-order valence-corrected chi connectivity index (χ0v) is 17.8. The Balaban J connectivity index is 1.59. The number of benzene rings is 2. The van der Waals surface area contributed by atoms with Gasteiger partial charge in [0.1, 0.15) is 17.5 Å². The van der Waals surface area contributed by atoms with Crippen LogP contribution in [0.15, 0.2) is 54.7 Å². The number of carbonyl (C=O) groups is 1. The number of rotatable bonds is 5. The Labute approximate surface area is 185 Å². The van der Waals surface area contributed by atoms with E-state index in [1.165, 1.54) is 24.3 Å². The van der Waals surface area contributed by atoms with Crippen molar-refractivity contribution >= 4 is 11.8 Å². The minimum Gasteiger partial charge on any atom is -0.355 e. The molecule has 3 aromatic rings. The van der Waals surface area contributed by atoms with E-state index in [2.05, 4.69) is 20.5 Å². The van der Waals surface area contributed by atoms with Gasteiger partial charge in [-0.3, -0.25) is 4.98 Å². The summed E-state index contributed by atoms with van der Waals surface area (Å²) in [5, 5.41) is 5.74. The van der Waals surface area contributed by atoms with Crippen molar-refractivity contribution in [1.82, 2.24) is 20.6 Å². The largest absolute Gasteiger partial charge is 0.355 e. The molecule has 1 aliphatic rings. The lowest BCUT2D eigenvalue weighted by atomic mass is 10.0. The van der Waals surface area contributed by atoms with Crippen LogP contribution in [0.1, 0.15) is 19.8 Å². The fourth-order valence-electron chi connectivity index (χ4n) is 3.81. The van der Waals surface area contributed by atoms with Crippen molar-refractivity contribution in [3.05, 3.63) is 66.4 Å². The molecule has 0 radical (unpaired) electrons. The Kier molecular flexibility index (Phi) is 6.58. The Morgan fingerprint density at radius 1 is 0.969 bits per heavy atom. The van der Waals surface area contributed by atoms with Crippen molar-refractivity contribution in [3.63, 3.8) is 0 Å². The average molecular weight is 437 g/mol. The van der Waals surface area contributed by atoms with Crippen LogP contribution in [0.2, 0.25) is 0 Å². The highest BCUT2D eigenvalue weighted by Crippen LogP contribution is 2.31. The molecule has 2 amide bonds. The van der Waals surface area contributed by atoms with Crippen molar-refractivity contribution in [3.8, 4) is 22.5 Å². The summed E-state index contributed by atoms with van der Waals surface area (Å²) < 4.78 is 26.9. The summed E-state index contributed by atoms with van der Waals surface area (Å²) in [7, 11) is 0. The summed E-state index contributed by atoms with van der Waals surface area (Å²) in [6, 6.07) is 12.1. The van der Waals surface area contributed by atoms with Crippen LogP contribution in [0.3, 0.4) is 0 Å². The van der Waals surface area contributed by atoms with Gasteiger partial charge in [-0.05, 0) is 68.3 Å². The molecule has 4 rings (SSSR count). The number of urea groups is 1. The molecule has 1 aromatic heterocycles. The molecular weight excluding hydrogens is 412 g/mol. The van der Waals surface area contributed by atoms with Gasteiger partial charge in [0.05, 0.1) is 17.6 Å². The van der Waals surface area contributed by atoms with E-state index in [0.717, 1.165) is 37.1 Å². The van der Waals surface area contributed by atoms with Gasteiger partial charge in [0.25, 0.3) is 0 Å². The number of carbonyl (C=O) groups excluding carboxylic acids is 1. The van der Waals surface area contributed by atoms with Crippen LogP contribution < -0.4 is 15.5 Å². The van der Waals surface area contributed by atoms with Crippen LogP contribution in [0, 0.1) is 11.6 Å². The molecule has 1 fully saturated rings. The molecule has 6 nitrogen and oxygen atoms in total. The normalized spacial score (nSPS) is 14.3. The second kappa shape index (κ2) is 9.72. The molecule has 2 N–H and O–H groups in total. The van der Waals surface area contributed by atoms with Crippen LogP contribution in [-0.2, 0) is 0 Å². The molecule has 0 unspecified atom stereocenters. The second-order valence-electron chi connectivity index (χ2n) is 7.70. The minimum absolute atomic E-state index is 0.112. The average Bonchev–Trinajstić information content (AvgIpc) is 2.80. The maximum Gasteiger partial charge on any atom is 0.314 e. The Bertz CT molecular complexity index is 1060. The highest BCUT2D eigenvalue weighted by molar-refractivity contribution is 5.79. The molecule has 0 atom stereocenters. The SMILES string of the molecule is CCNC(=O)NC1CCN(c2cnc(-c3ccc(F)cc3)c(-c3ccc(F)cc3)n2)CC1. The third-order valence-corrected chi connectivity index (χ3v) is 5.49. The first-order chi connectivity index (χ1) is 15.5. The number of hydrogen-bond donors (Lipinski definition) is 2. The van der Waals surface area contributed by atoms with Gasteiger partial charge in [-0.25, -0.2) is 18.6 Å². The van der Waals surface area contributed by atoms with Gasteiger partial charge in [-0.15, -0.1) is 0 Å². The van der Waals surface area contributed by atoms with Crippen LogP contribution in [-0.4, -0.2) is 41.7 Å². The first-order valence-electron chi connectivity index (χ1n) is 10.7. The maximum absolute atomic E-state index is 13.5. The van der Waals surface area contributed by atoms with Crippen molar-refractivity contribution in [2.75, 3.05) is 24.5 Å². The number of aromatic nitrogens is 2. The summed E-state index contributed by atoms with van der Waals surface area (Å²) >= 11 is 0. The summed E-state index contributed by atoms with van der Waals surface area (Å²) in [6.45, 7) is 3.93. The van der Waals surface area contributed by atoms with E-state index in [1.54, 1.807) is 30.5 Å². The van der Waals surface area contributed by atoms with E-state index in [4.69, 9.17) is 4.98 Å². The fourth-order valence-corrected chi connectivity index (χ4v) is 3.81. The Morgan fingerprint density at radius 3 is 2.09 bits per heavy atom. The Hall–Kier alpha value is -3.55. The lowest BCUT2D eigenvalue weighted by Crippen LogP contribution is -2.48. The molecule has 0 bridgehead atoms. The number of anilines is 1. The van der Waals surface area contributed by atoms with E-state index in [1.807, 2.05) is 6.92 Å². The molecule has 1 aliphatic heterocycles. The van der Waals surface area contributed by atoms with Gasteiger partial charge in [0.15, 0.2) is 0 Å². The molecule has 0 saturated carbocycles. The van der Waals surface area contributed by atoms with Crippen LogP contribution in [0.5, 0.6) is 0 Å². The number of hydrogen-bond acceptors (Lipinski definition) is 4. The van der Waals surface area contributed by atoms with E-state index >= 15 is 0 Å². The van der Waals surface area contributed by atoms with Crippen molar-refractivity contribution in [2.45, 2.75) is 25.8 Å². The molecule has 0 aliphatic carbocycles. The number of halogens is 2. The predicted molar refractivity (Wildman–Crippen MR) is 120 cm³/mol.